The van der Waals surface area contributed by atoms with E-state index in [0.717, 1.165) is 25.9 Å². The lowest BCUT2D eigenvalue weighted by Gasteiger charge is -2.33. The number of hydrogen-bond donors (Lipinski definition) is 2. The lowest BCUT2D eigenvalue weighted by molar-refractivity contribution is -0.135. The molecule has 2 N–H and O–H groups in total. The topological polar surface area (TPSA) is 61.4 Å². The Balaban J connectivity index is 1.90. The summed E-state index contributed by atoms with van der Waals surface area (Å²) in [4.78, 5) is 25.0. The van der Waals surface area contributed by atoms with Gasteiger partial charge >= 0.3 is 0 Å². The SMILES string of the molecule is CN(C(=O)[C@@H]1CCC(=O)N1)C1CCNCC1. The molecule has 5 nitrogen and oxygen atoms in total. The number of carbonyl (C=O) groups is 2. The first kappa shape index (κ1) is 11.4. The van der Waals surface area contributed by atoms with Crippen LogP contribution in [0.3, 0.4) is 0 Å². The number of rotatable bonds is 2. The molecule has 2 aliphatic rings. The molecule has 16 heavy (non-hydrogen) atoms. The Morgan fingerprint density at radius 3 is 2.56 bits per heavy atom. The Hall–Kier alpha value is -1.10. The van der Waals surface area contributed by atoms with Crippen LogP contribution in [0.2, 0.25) is 0 Å². The van der Waals surface area contributed by atoms with E-state index in [2.05, 4.69) is 10.6 Å². The molecule has 2 rings (SSSR count). The monoisotopic (exact) mass is 225 g/mol. The summed E-state index contributed by atoms with van der Waals surface area (Å²) in [5.41, 5.74) is 0. The number of hydrogen-bond acceptors (Lipinski definition) is 3. The molecule has 5 heteroatoms. The molecule has 0 spiro atoms. The van der Waals surface area contributed by atoms with Crippen LogP contribution < -0.4 is 10.6 Å². The summed E-state index contributed by atoms with van der Waals surface area (Å²) < 4.78 is 0. The van der Waals surface area contributed by atoms with Crippen molar-refractivity contribution in [1.29, 1.82) is 0 Å². The molecule has 2 fully saturated rings. The fraction of sp³-hybridized carbons (Fsp3) is 0.818. The van der Waals surface area contributed by atoms with Gasteiger partial charge < -0.3 is 15.5 Å². The van der Waals surface area contributed by atoms with Gasteiger partial charge in [-0.1, -0.05) is 0 Å². The Bertz CT molecular complexity index is 287. The summed E-state index contributed by atoms with van der Waals surface area (Å²) in [6.45, 7) is 1.94. The van der Waals surface area contributed by atoms with Gasteiger partial charge in [0.05, 0.1) is 0 Å². The fourth-order valence-electron chi connectivity index (χ4n) is 2.42. The zero-order chi connectivity index (χ0) is 11.5. The minimum Gasteiger partial charge on any atom is -0.344 e. The third-order valence-electron chi connectivity index (χ3n) is 3.50. The Morgan fingerprint density at radius 1 is 1.31 bits per heavy atom. The molecule has 0 saturated carbocycles. The molecule has 0 aliphatic carbocycles. The van der Waals surface area contributed by atoms with Crippen molar-refractivity contribution in [2.24, 2.45) is 0 Å². The largest absolute Gasteiger partial charge is 0.344 e. The van der Waals surface area contributed by atoms with Crippen molar-refractivity contribution < 1.29 is 9.59 Å². The van der Waals surface area contributed by atoms with Crippen LogP contribution in [0, 0.1) is 0 Å². The van der Waals surface area contributed by atoms with Gasteiger partial charge in [-0.3, -0.25) is 9.59 Å². The molecule has 2 heterocycles. The summed E-state index contributed by atoms with van der Waals surface area (Å²) in [7, 11) is 1.85. The zero-order valence-electron chi connectivity index (χ0n) is 9.66. The van der Waals surface area contributed by atoms with Crippen LogP contribution in [-0.4, -0.2) is 48.9 Å². The van der Waals surface area contributed by atoms with Gasteiger partial charge in [0.2, 0.25) is 11.8 Å². The first-order valence-electron chi connectivity index (χ1n) is 5.95. The highest BCUT2D eigenvalue weighted by Crippen LogP contribution is 2.15. The molecule has 0 aromatic rings. The van der Waals surface area contributed by atoms with Crippen LogP contribution in [0.25, 0.3) is 0 Å². The van der Waals surface area contributed by atoms with Crippen molar-refractivity contribution in [1.82, 2.24) is 15.5 Å². The van der Waals surface area contributed by atoms with E-state index in [-0.39, 0.29) is 17.9 Å². The highest BCUT2D eigenvalue weighted by molar-refractivity contribution is 5.90. The van der Waals surface area contributed by atoms with Gasteiger partial charge in [0.15, 0.2) is 0 Å². The third-order valence-corrected chi connectivity index (χ3v) is 3.50. The van der Waals surface area contributed by atoms with Crippen molar-refractivity contribution in [2.75, 3.05) is 20.1 Å². The molecule has 90 valence electrons. The van der Waals surface area contributed by atoms with Crippen molar-refractivity contribution in [3.63, 3.8) is 0 Å². The van der Waals surface area contributed by atoms with Crippen LogP contribution in [0.15, 0.2) is 0 Å². The third kappa shape index (κ3) is 2.35. The first-order valence-corrected chi connectivity index (χ1v) is 5.95. The summed E-state index contributed by atoms with van der Waals surface area (Å²) in [5.74, 6) is 0.0646. The summed E-state index contributed by atoms with van der Waals surface area (Å²) in [5, 5.41) is 6.01. The first-order chi connectivity index (χ1) is 7.68. The highest BCUT2D eigenvalue weighted by atomic mass is 16.2. The van der Waals surface area contributed by atoms with Gasteiger partial charge in [0.1, 0.15) is 6.04 Å². The second-order valence-electron chi connectivity index (χ2n) is 4.59. The van der Waals surface area contributed by atoms with E-state index >= 15 is 0 Å². The number of amides is 2. The Morgan fingerprint density at radius 2 is 2.00 bits per heavy atom. The van der Waals surface area contributed by atoms with E-state index < -0.39 is 0 Å². The van der Waals surface area contributed by atoms with E-state index in [9.17, 15) is 9.59 Å². The van der Waals surface area contributed by atoms with E-state index in [0.29, 0.717) is 18.9 Å². The predicted octanol–water partition coefficient (Wildman–Crippen LogP) is -0.525. The van der Waals surface area contributed by atoms with Crippen LogP contribution in [-0.2, 0) is 9.59 Å². The van der Waals surface area contributed by atoms with Gasteiger partial charge in [-0.2, -0.15) is 0 Å². The maximum absolute atomic E-state index is 12.1. The van der Waals surface area contributed by atoms with Crippen molar-refractivity contribution in [3.05, 3.63) is 0 Å². The van der Waals surface area contributed by atoms with Crippen LogP contribution in [0.5, 0.6) is 0 Å². The Kier molecular flexibility index (Phi) is 3.43. The average molecular weight is 225 g/mol. The zero-order valence-corrected chi connectivity index (χ0v) is 9.66. The molecule has 1 atom stereocenters. The van der Waals surface area contributed by atoms with Crippen LogP contribution in [0.1, 0.15) is 25.7 Å². The van der Waals surface area contributed by atoms with Gasteiger partial charge in [-0.15, -0.1) is 0 Å². The molecule has 0 bridgehead atoms. The fourth-order valence-corrected chi connectivity index (χ4v) is 2.42. The van der Waals surface area contributed by atoms with Crippen LogP contribution in [0.4, 0.5) is 0 Å². The maximum atomic E-state index is 12.1. The molecule has 2 amide bonds. The highest BCUT2D eigenvalue weighted by Gasteiger charge is 2.32. The van der Waals surface area contributed by atoms with E-state index in [1.165, 1.54) is 0 Å². The number of nitrogens with one attached hydrogen (secondary N) is 2. The van der Waals surface area contributed by atoms with Gasteiger partial charge in [-0.25, -0.2) is 0 Å². The normalized spacial score (nSPS) is 26.6. The van der Waals surface area contributed by atoms with E-state index in [1.807, 2.05) is 11.9 Å². The molecular formula is C11H19N3O2. The smallest absolute Gasteiger partial charge is 0.245 e. The second kappa shape index (κ2) is 4.82. The minimum atomic E-state index is -0.285. The Labute approximate surface area is 95.6 Å². The van der Waals surface area contributed by atoms with Crippen molar-refractivity contribution in [3.8, 4) is 0 Å². The van der Waals surface area contributed by atoms with E-state index in [4.69, 9.17) is 0 Å². The molecular weight excluding hydrogens is 206 g/mol. The lowest BCUT2D eigenvalue weighted by atomic mass is 10.0. The van der Waals surface area contributed by atoms with E-state index in [1.54, 1.807) is 0 Å². The summed E-state index contributed by atoms with van der Waals surface area (Å²) in [6.07, 6.45) is 3.13. The quantitative estimate of drug-likeness (QED) is 0.664. The standard InChI is InChI=1S/C11H19N3O2/c1-14(8-4-6-12-7-5-8)11(16)9-2-3-10(15)13-9/h8-9,12H,2-7H2,1H3,(H,13,15)/t9-/m0/s1. The van der Waals surface area contributed by atoms with Gasteiger partial charge in [0, 0.05) is 19.5 Å². The average Bonchev–Trinajstić information content (AvgIpc) is 2.75. The maximum Gasteiger partial charge on any atom is 0.245 e. The predicted molar refractivity (Wildman–Crippen MR) is 59.8 cm³/mol. The number of nitrogens with zero attached hydrogens (tertiary/aromatic N) is 1. The van der Waals surface area contributed by atoms with Gasteiger partial charge in [-0.05, 0) is 32.4 Å². The molecule has 2 aliphatic heterocycles. The summed E-state index contributed by atoms with van der Waals surface area (Å²) >= 11 is 0. The van der Waals surface area contributed by atoms with Crippen molar-refractivity contribution in [2.45, 2.75) is 37.8 Å². The number of carbonyl (C=O) groups excluding carboxylic acids is 2. The molecule has 0 aromatic carbocycles. The number of likely N-dealkylation sites (N-methyl/N-ethyl adjacent to an activating group) is 1. The second-order valence-corrected chi connectivity index (χ2v) is 4.59. The minimum absolute atomic E-state index is 0.00272. The van der Waals surface area contributed by atoms with Gasteiger partial charge in [0.25, 0.3) is 0 Å². The van der Waals surface area contributed by atoms with Crippen molar-refractivity contribution >= 4 is 11.8 Å². The molecule has 0 radical (unpaired) electrons. The summed E-state index contributed by atoms with van der Waals surface area (Å²) in [6, 6.07) is 0.0404. The molecule has 2 saturated heterocycles. The lowest BCUT2D eigenvalue weighted by Crippen LogP contribution is -2.50. The number of piperidine rings is 1. The van der Waals surface area contributed by atoms with Crippen LogP contribution >= 0.6 is 0 Å². The molecule has 0 aromatic heterocycles. The molecule has 0 unspecified atom stereocenters.